The Hall–Kier alpha value is -3.15. The zero-order chi connectivity index (χ0) is 19.7. The van der Waals surface area contributed by atoms with Gasteiger partial charge in [0.1, 0.15) is 11.6 Å². The summed E-state index contributed by atoms with van der Waals surface area (Å²) in [5.74, 6) is 1.47. The number of aliphatic imine (C=N–C) groups is 1. The minimum Gasteiger partial charge on any atom is -0.462 e. The smallest absolute Gasteiger partial charge is 0.258 e. The molecule has 0 spiro atoms. The predicted octanol–water partition coefficient (Wildman–Crippen LogP) is 3.64. The second kappa shape index (κ2) is 7.23. The first-order valence-electron chi connectivity index (χ1n) is 8.80. The first-order chi connectivity index (χ1) is 12.8. The molecule has 1 amide bonds. The molecule has 0 aromatic heterocycles. The van der Waals surface area contributed by atoms with Crippen LogP contribution in [0, 0.1) is 5.41 Å². The average Bonchev–Trinajstić information content (AvgIpc) is 3.00. The van der Waals surface area contributed by atoms with Crippen molar-refractivity contribution in [2.45, 2.75) is 27.7 Å². The Bertz CT molecular complexity index is 937. The summed E-state index contributed by atoms with van der Waals surface area (Å²) in [7, 11) is 0. The Labute approximate surface area is 159 Å². The second-order valence-corrected chi connectivity index (χ2v) is 6.84. The molecule has 0 unspecified atom stereocenters. The molecule has 0 aliphatic carbocycles. The number of para-hydroxylation sites is 1. The normalized spacial score (nSPS) is 19.8. The third-order valence-corrected chi connectivity index (χ3v) is 4.73. The van der Waals surface area contributed by atoms with Crippen molar-refractivity contribution in [2.75, 3.05) is 13.1 Å². The number of hydrogen-bond acceptors (Lipinski definition) is 5. The van der Waals surface area contributed by atoms with Crippen LogP contribution in [0.15, 0.2) is 64.3 Å². The molecule has 0 bridgehead atoms. The van der Waals surface area contributed by atoms with E-state index in [1.807, 2.05) is 26.8 Å². The standard InChI is InChI=1S/C21H24N4O2/c1-12(2)27-19-9-7-6-8-16(19)21(26)25-10-17(18(22)11-25)20-23-14(4)13(3)15(5)24-20/h6-9,22-23H,1,10-11H2,2-5H3/b20-17+,22-18?. The Kier molecular flexibility index (Phi) is 4.99. The van der Waals surface area contributed by atoms with E-state index in [9.17, 15) is 4.79 Å². The van der Waals surface area contributed by atoms with Gasteiger partial charge >= 0.3 is 0 Å². The van der Waals surface area contributed by atoms with Crippen LogP contribution in [0.1, 0.15) is 38.1 Å². The lowest BCUT2D eigenvalue weighted by Gasteiger charge is -2.20. The molecule has 27 heavy (non-hydrogen) atoms. The SMILES string of the molecule is C=C(C)Oc1ccccc1C(=O)N1CC(=N)/C(=C2/N=C(C)C(C)=C(C)N2)C1. The minimum absolute atomic E-state index is 0.174. The lowest BCUT2D eigenvalue weighted by molar-refractivity contribution is 0.0801. The Morgan fingerprint density at radius 3 is 2.63 bits per heavy atom. The molecule has 1 aromatic rings. The summed E-state index contributed by atoms with van der Waals surface area (Å²) < 4.78 is 5.59. The monoisotopic (exact) mass is 364 g/mol. The summed E-state index contributed by atoms with van der Waals surface area (Å²) >= 11 is 0. The zero-order valence-electron chi connectivity index (χ0n) is 16.1. The number of carbonyl (C=O) groups is 1. The van der Waals surface area contributed by atoms with E-state index in [-0.39, 0.29) is 12.5 Å². The van der Waals surface area contributed by atoms with Gasteiger partial charge < -0.3 is 20.4 Å². The van der Waals surface area contributed by atoms with E-state index >= 15 is 0 Å². The van der Waals surface area contributed by atoms with Crippen LogP contribution >= 0.6 is 0 Å². The van der Waals surface area contributed by atoms with Gasteiger partial charge in [0.15, 0.2) is 0 Å². The fourth-order valence-electron chi connectivity index (χ4n) is 3.05. The molecule has 140 valence electrons. The second-order valence-electron chi connectivity index (χ2n) is 6.84. The largest absolute Gasteiger partial charge is 0.462 e. The molecule has 1 saturated heterocycles. The highest BCUT2D eigenvalue weighted by Crippen LogP contribution is 2.26. The molecule has 2 aliphatic heterocycles. The number of benzene rings is 1. The Morgan fingerprint density at radius 2 is 1.96 bits per heavy atom. The molecule has 0 atom stereocenters. The molecule has 2 aliphatic rings. The van der Waals surface area contributed by atoms with Gasteiger partial charge in [0, 0.05) is 17.0 Å². The van der Waals surface area contributed by atoms with Gasteiger partial charge in [0.2, 0.25) is 0 Å². The summed E-state index contributed by atoms with van der Waals surface area (Å²) in [6.45, 7) is 12.0. The van der Waals surface area contributed by atoms with Crippen molar-refractivity contribution in [3.63, 3.8) is 0 Å². The summed E-state index contributed by atoms with van der Waals surface area (Å²) in [4.78, 5) is 19.3. The molecule has 6 heteroatoms. The lowest BCUT2D eigenvalue weighted by atomic mass is 10.1. The highest BCUT2D eigenvalue weighted by Gasteiger charge is 2.31. The number of nitrogens with one attached hydrogen (secondary N) is 2. The number of carbonyl (C=O) groups excluding carboxylic acids is 1. The van der Waals surface area contributed by atoms with Gasteiger partial charge in [-0.3, -0.25) is 4.79 Å². The van der Waals surface area contributed by atoms with Gasteiger partial charge in [0.25, 0.3) is 5.91 Å². The summed E-state index contributed by atoms with van der Waals surface area (Å²) in [5.41, 5.74) is 4.64. The van der Waals surface area contributed by atoms with Crippen LogP contribution in [-0.4, -0.2) is 35.3 Å². The first-order valence-corrected chi connectivity index (χ1v) is 8.80. The highest BCUT2D eigenvalue weighted by atomic mass is 16.5. The van der Waals surface area contributed by atoms with Gasteiger partial charge in [-0.25, -0.2) is 4.99 Å². The third-order valence-electron chi connectivity index (χ3n) is 4.73. The number of rotatable bonds is 3. The van der Waals surface area contributed by atoms with Crippen molar-refractivity contribution in [1.82, 2.24) is 10.2 Å². The maximum atomic E-state index is 13.0. The molecule has 2 heterocycles. The van der Waals surface area contributed by atoms with Gasteiger partial charge in [-0.15, -0.1) is 0 Å². The molecule has 6 nitrogen and oxygen atoms in total. The predicted molar refractivity (Wildman–Crippen MR) is 107 cm³/mol. The van der Waals surface area contributed by atoms with Crippen LogP contribution in [0.3, 0.4) is 0 Å². The quantitative estimate of drug-likeness (QED) is 0.804. The van der Waals surface area contributed by atoms with Crippen LogP contribution in [0.25, 0.3) is 0 Å². The van der Waals surface area contributed by atoms with E-state index in [1.165, 1.54) is 0 Å². The Balaban J connectivity index is 1.88. The van der Waals surface area contributed by atoms with Crippen LogP contribution in [-0.2, 0) is 0 Å². The fraction of sp³-hybridized carbons (Fsp3) is 0.286. The summed E-state index contributed by atoms with van der Waals surface area (Å²) in [6.07, 6.45) is 0. The van der Waals surface area contributed by atoms with Crippen molar-refractivity contribution < 1.29 is 9.53 Å². The van der Waals surface area contributed by atoms with Gasteiger partial charge in [-0.1, -0.05) is 18.7 Å². The molecule has 0 radical (unpaired) electrons. The van der Waals surface area contributed by atoms with Crippen molar-refractivity contribution in [3.8, 4) is 5.75 Å². The van der Waals surface area contributed by atoms with Crippen molar-refractivity contribution >= 4 is 17.3 Å². The molecule has 2 N–H and O–H groups in total. The van der Waals surface area contributed by atoms with Crippen LogP contribution in [0.2, 0.25) is 0 Å². The molecular weight excluding hydrogens is 340 g/mol. The minimum atomic E-state index is -0.174. The van der Waals surface area contributed by atoms with E-state index in [0.717, 1.165) is 22.6 Å². The van der Waals surface area contributed by atoms with Gasteiger partial charge in [0.05, 0.1) is 30.1 Å². The number of nitrogens with zero attached hydrogens (tertiary/aromatic N) is 2. The maximum Gasteiger partial charge on any atom is 0.258 e. The van der Waals surface area contributed by atoms with E-state index in [4.69, 9.17) is 10.1 Å². The molecular formula is C21H24N4O2. The van der Waals surface area contributed by atoms with Crippen LogP contribution in [0.5, 0.6) is 5.75 Å². The van der Waals surface area contributed by atoms with Crippen LogP contribution in [0.4, 0.5) is 0 Å². The van der Waals surface area contributed by atoms with E-state index in [2.05, 4.69) is 16.9 Å². The van der Waals surface area contributed by atoms with Gasteiger partial charge in [-0.05, 0) is 45.4 Å². The third kappa shape index (κ3) is 3.69. The van der Waals surface area contributed by atoms with E-state index < -0.39 is 0 Å². The molecule has 1 aromatic carbocycles. The number of likely N-dealkylation sites (tertiary alicyclic amines) is 1. The van der Waals surface area contributed by atoms with Crippen molar-refractivity contribution in [2.24, 2.45) is 4.99 Å². The number of allylic oxidation sites excluding steroid dienone is 3. The zero-order valence-corrected chi connectivity index (χ0v) is 16.1. The maximum absolute atomic E-state index is 13.0. The highest BCUT2D eigenvalue weighted by molar-refractivity contribution is 6.09. The number of ether oxygens (including phenoxy) is 1. The summed E-state index contributed by atoms with van der Waals surface area (Å²) in [6, 6.07) is 7.09. The summed E-state index contributed by atoms with van der Waals surface area (Å²) in [5, 5.41) is 11.6. The molecule has 0 saturated carbocycles. The topological polar surface area (TPSA) is 77.8 Å². The van der Waals surface area contributed by atoms with Crippen LogP contribution < -0.4 is 10.1 Å². The number of amides is 1. The molecule has 3 rings (SSSR count). The Morgan fingerprint density at radius 1 is 1.26 bits per heavy atom. The number of hydrogen-bond donors (Lipinski definition) is 2. The van der Waals surface area contributed by atoms with E-state index in [1.54, 1.807) is 30.0 Å². The van der Waals surface area contributed by atoms with Crippen molar-refractivity contribution in [1.29, 1.82) is 5.41 Å². The average molecular weight is 364 g/mol. The molecule has 1 fully saturated rings. The van der Waals surface area contributed by atoms with Crippen molar-refractivity contribution in [3.05, 3.63) is 64.8 Å². The van der Waals surface area contributed by atoms with Gasteiger partial charge in [-0.2, -0.15) is 0 Å². The van der Waals surface area contributed by atoms with E-state index in [0.29, 0.717) is 35.1 Å². The lowest BCUT2D eigenvalue weighted by Crippen LogP contribution is -2.29. The fourth-order valence-corrected chi connectivity index (χ4v) is 3.05. The first kappa shape index (κ1) is 18.6.